The average molecular weight is 395 g/mol. The minimum absolute atomic E-state index is 0.0185. The molecule has 0 spiro atoms. The number of hydrogen-bond donors (Lipinski definition) is 3. The molecule has 1 atom stereocenters. The van der Waals surface area contributed by atoms with Gasteiger partial charge in [-0.2, -0.15) is 13.2 Å². The molecule has 0 radical (unpaired) electrons. The maximum atomic E-state index is 12.6. The van der Waals surface area contributed by atoms with Crippen molar-refractivity contribution >= 4 is 16.9 Å². The van der Waals surface area contributed by atoms with Crippen LogP contribution >= 0.6 is 0 Å². The molecule has 3 N–H and O–H groups in total. The van der Waals surface area contributed by atoms with Crippen LogP contribution in [0.5, 0.6) is 0 Å². The van der Waals surface area contributed by atoms with E-state index in [1.54, 1.807) is 0 Å². The first-order valence-electron chi connectivity index (χ1n) is 9.76. The molecule has 2 heterocycles. The predicted molar refractivity (Wildman–Crippen MR) is 107 cm³/mol. The van der Waals surface area contributed by atoms with Crippen LogP contribution in [0.1, 0.15) is 24.6 Å². The number of hydrogen-bond acceptors (Lipinski definition) is 2. The third-order valence-corrected chi connectivity index (χ3v) is 5.02. The lowest BCUT2D eigenvalue weighted by molar-refractivity contribution is -0.143. The van der Waals surface area contributed by atoms with Crippen molar-refractivity contribution in [2.45, 2.75) is 38.9 Å². The van der Waals surface area contributed by atoms with Crippen molar-refractivity contribution in [1.29, 1.82) is 0 Å². The van der Waals surface area contributed by atoms with E-state index in [2.05, 4.69) is 39.7 Å². The summed E-state index contributed by atoms with van der Waals surface area (Å²) in [6.07, 6.45) is -2.66. The normalized spacial score (nSPS) is 18.8. The Hall–Kier alpha value is -2.22. The number of alkyl halides is 3. The zero-order valence-electron chi connectivity index (χ0n) is 16.4. The Labute approximate surface area is 163 Å². The molecule has 2 aromatic rings. The highest BCUT2D eigenvalue weighted by atomic mass is 19.4. The van der Waals surface area contributed by atoms with Crippen LogP contribution in [-0.4, -0.2) is 60.8 Å². The number of para-hydroxylation sites is 1. The third kappa shape index (κ3) is 5.41. The minimum Gasteiger partial charge on any atom is -0.358 e. The lowest BCUT2D eigenvalue weighted by atomic mass is 10.1. The molecule has 1 saturated heterocycles. The van der Waals surface area contributed by atoms with E-state index in [-0.39, 0.29) is 6.04 Å². The summed E-state index contributed by atoms with van der Waals surface area (Å²) in [6, 6.07) is 8.19. The van der Waals surface area contributed by atoms with Crippen LogP contribution in [0, 0.1) is 6.92 Å². The Morgan fingerprint density at radius 1 is 1.32 bits per heavy atom. The number of H-pyrrole nitrogens is 1. The van der Waals surface area contributed by atoms with Gasteiger partial charge in [-0.05, 0) is 38.3 Å². The van der Waals surface area contributed by atoms with Crippen molar-refractivity contribution in [3.63, 3.8) is 0 Å². The maximum absolute atomic E-state index is 12.6. The van der Waals surface area contributed by atoms with Gasteiger partial charge in [0, 0.05) is 48.8 Å². The number of benzene rings is 1. The Morgan fingerprint density at radius 3 is 2.86 bits per heavy atom. The van der Waals surface area contributed by atoms with Crippen LogP contribution in [0.3, 0.4) is 0 Å². The predicted octanol–water partition coefficient (Wildman–Crippen LogP) is 3.21. The number of likely N-dealkylation sites (tertiary alicyclic amines) is 1. The summed E-state index contributed by atoms with van der Waals surface area (Å²) in [4.78, 5) is 9.48. The van der Waals surface area contributed by atoms with Gasteiger partial charge < -0.3 is 15.6 Å². The van der Waals surface area contributed by atoms with Gasteiger partial charge in [0.2, 0.25) is 0 Å². The molecule has 0 saturated carbocycles. The topological polar surface area (TPSA) is 55.5 Å². The maximum Gasteiger partial charge on any atom is 0.401 e. The molecule has 3 rings (SSSR count). The largest absolute Gasteiger partial charge is 0.401 e. The fourth-order valence-corrected chi connectivity index (χ4v) is 3.80. The van der Waals surface area contributed by atoms with E-state index >= 15 is 0 Å². The first kappa shape index (κ1) is 20.5. The first-order chi connectivity index (χ1) is 13.4. The second-order valence-electron chi connectivity index (χ2n) is 7.27. The van der Waals surface area contributed by atoms with E-state index in [4.69, 9.17) is 0 Å². The summed E-state index contributed by atoms with van der Waals surface area (Å²) in [6.45, 7) is 5.34. The first-order valence-corrected chi connectivity index (χ1v) is 9.76. The van der Waals surface area contributed by atoms with Crippen LogP contribution in [0.15, 0.2) is 29.3 Å². The van der Waals surface area contributed by atoms with Crippen LogP contribution in [0.4, 0.5) is 13.2 Å². The molecule has 1 unspecified atom stereocenters. The molecule has 1 fully saturated rings. The molecule has 1 aromatic carbocycles. The number of aryl methyl sites for hydroxylation is 1. The van der Waals surface area contributed by atoms with E-state index in [9.17, 15) is 13.2 Å². The zero-order valence-corrected chi connectivity index (χ0v) is 16.4. The molecule has 154 valence electrons. The molecule has 0 bridgehead atoms. The molecule has 1 aromatic heterocycles. The Balaban J connectivity index is 1.58. The van der Waals surface area contributed by atoms with E-state index in [0.717, 1.165) is 17.6 Å². The Kier molecular flexibility index (Phi) is 6.49. The number of fused-ring (bicyclic) bond motifs is 1. The number of aromatic nitrogens is 1. The smallest absolute Gasteiger partial charge is 0.358 e. The van der Waals surface area contributed by atoms with E-state index in [0.29, 0.717) is 38.6 Å². The van der Waals surface area contributed by atoms with Crippen molar-refractivity contribution in [2.24, 2.45) is 4.99 Å². The van der Waals surface area contributed by atoms with Gasteiger partial charge >= 0.3 is 6.18 Å². The van der Waals surface area contributed by atoms with Crippen molar-refractivity contribution < 1.29 is 13.2 Å². The number of aromatic amines is 1. The van der Waals surface area contributed by atoms with Crippen molar-refractivity contribution in [3.8, 4) is 0 Å². The summed E-state index contributed by atoms with van der Waals surface area (Å²) < 4.78 is 37.7. The molecule has 0 amide bonds. The fourth-order valence-electron chi connectivity index (χ4n) is 3.80. The number of aliphatic imine (C=N–C) groups is 1. The van der Waals surface area contributed by atoms with Crippen LogP contribution < -0.4 is 10.6 Å². The summed E-state index contributed by atoms with van der Waals surface area (Å²) in [5, 5.41) is 7.70. The number of guanidine groups is 1. The third-order valence-electron chi connectivity index (χ3n) is 5.02. The van der Waals surface area contributed by atoms with E-state index in [1.807, 2.05) is 19.1 Å². The van der Waals surface area contributed by atoms with Gasteiger partial charge in [0.05, 0.1) is 6.54 Å². The highest BCUT2D eigenvalue weighted by Crippen LogP contribution is 2.22. The van der Waals surface area contributed by atoms with E-state index in [1.165, 1.54) is 15.8 Å². The van der Waals surface area contributed by atoms with E-state index < -0.39 is 12.7 Å². The van der Waals surface area contributed by atoms with Gasteiger partial charge in [0.25, 0.3) is 0 Å². The Bertz CT molecular complexity index is 812. The van der Waals surface area contributed by atoms with Gasteiger partial charge in [0.1, 0.15) is 0 Å². The summed E-state index contributed by atoms with van der Waals surface area (Å²) in [5.41, 5.74) is 3.53. The van der Waals surface area contributed by atoms with Crippen molar-refractivity contribution in [2.75, 3.05) is 32.7 Å². The van der Waals surface area contributed by atoms with Crippen LogP contribution in [-0.2, 0) is 6.42 Å². The lowest BCUT2D eigenvalue weighted by Crippen LogP contribution is -2.45. The molecule has 8 heteroatoms. The van der Waals surface area contributed by atoms with Gasteiger partial charge in [-0.15, -0.1) is 0 Å². The molecular weight excluding hydrogens is 367 g/mol. The van der Waals surface area contributed by atoms with Gasteiger partial charge in [0.15, 0.2) is 5.96 Å². The second kappa shape index (κ2) is 8.86. The number of nitrogens with zero attached hydrogens (tertiary/aromatic N) is 2. The number of rotatable bonds is 6. The summed E-state index contributed by atoms with van der Waals surface area (Å²) >= 11 is 0. The molecular formula is C20H28F3N5. The highest BCUT2D eigenvalue weighted by molar-refractivity contribution is 5.84. The van der Waals surface area contributed by atoms with Crippen molar-refractivity contribution in [1.82, 2.24) is 20.5 Å². The standard InChI is InChI=1S/C20H28F3N5/c1-3-24-19(27-15-9-11-28(12-15)13-20(21,22)23)25-10-8-16-14(2)26-18-7-5-4-6-17(16)18/h4-7,15,26H,3,8-13H2,1-2H3,(H2,24,25,27). The molecule has 1 aliphatic rings. The SMILES string of the molecule is CCNC(=NCCc1c(C)[nH]c2ccccc12)NC1CCN(CC(F)(F)F)C1. The quantitative estimate of drug-likeness (QED) is 0.520. The minimum atomic E-state index is -4.15. The number of halogens is 3. The zero-order chi connectivity index (χ0) is 20.1. The molecule has 0 aliphatic carbocycles. The average Bonchev–Trinajstić information content (AvgIpc) is 3.17. The fraction of sp³-hybridized carbons (Fsp3) is 0.550. The second-order valence-corrected chi connectivity index (χ2v) is 7.27. The highest BCUT2D eigenvalue weighted by Gasteiger charge is 2.34. The molecule has 1 aliphatic heterocycles. The molecule has 5 nitrogen and oxygen atoms in total. The monoisotopic (exact) mass is 395 g/mol. The van der Waals surface area contributed by atoms with Crippen LogP contribution in [0.2, 0.25) is 0 Å². The number of nitrogens with one attached hydrogen (secondary N) is 3. The van der Waals surface area contributed by atoms with Gasteiger partial charge in [-0.3, -0.25) is 9.89 Å². The van der Waals surface area contributed by atoms with Crippen LogP contribution in [0.25, 0.3) is 10.9 Å². The Morgan fingerprint density at radius 2 is 2.11 bits per heavy atom. The summed E-state index contributed by atoms with van der Waals surface area (Å²) in [7, 11) is 0. The van der Waals surface area contributed by atoms with Crippen molar-refractivity contribution in [3.05, 3.63) is 35.5 Å². The molecule has 28 heavy (non-hydrogen) atoms. The summed E-state index contributed by atoms with van der Waals surface area (Å²) in [5.74, 6) is 0.666. The lowest BCUT2D eigenvalue weighted by Gasteiger charge is -2.19. The van der Waals surface area contributed by atoms with Gasteiger partial charge in [-0.1, -0.05) is 18.2 Å². The van der Waals surface area contributed by atoms with Gasteiger partial charge in [-0.25, -0.2) is 0 Å².